The van der Waals surface area contributed by atoms with Crippen LogP contribution in [0.25, 0.3) is 0 Å². The van der Waals surface area contributed by atoms with Gasteiger partial charge in [0.25, 0.3) is 5.69 Å². The van der Waals surface area contributed by atoms with E-state index >= 15 is 0 Å². The summed E-state index contributed by atoms with van der Waals surface area (Å²) in [6, 6.07) is 6.26. The Labute approximate surface area is 121 Å². The van der Waals surface area contributed by atoms with Crippen LogP contribution < -0.4 is 10.2 Å². The zero-order valence-corrected chi connectivity index (χ0v) is 11.2. The van der Waals surface area contributed by atoms with E-state index in [9.17, 15) is 14.9 Å². The molecule has 1 amide bonds. The van der Waals surface area contributed by atoms with E-state index in [-0.39, 0.29) is 17.8 Å². The number of ether oxygens (including phenoxy) is 1. The molecule has 1 aliphatic rings. The highest BCUT2D eigenvalue weighted by Gasteiger charge is 2.19. The molecule has 0 atom stereocenters. The lowest BCUT2D eigenvalue weighted by Gasteiger charge is -2.29. The van der Waals surface area contributed by atoms with E-state index in [0.717, 1.165) is 5.69 Å². The van der Waals surface area contributed by atoms with Crippen molar-refractivity contribution in [1.29, 1.82) is 5.26 Å². The molecule has 1 N–H and O–H groups in total. The zero-order chi connectivity index (χ0) is 15.2. The van der Waals surface area contributed by atoms with Crippen molar-refractivity contribution in [2.45, 2.75) is 6.42 Å². The molecule has 1 aromatic rings. The maximum atomic E-state index is 11.5. The van der Waals surface area contributed by atoms with Gasteiger partial charge in [0.1, 0.15) is 12.1 Å². The number of amides is 1. The Balaban J connectivity index is 2.27. The fraction of sp³-hybridized carbons (Fsp3) is 0.385. The minimum absolute atomic E-state index is 0.101. The molecule has 21 heavy (non-hydrogen) atoms. The van der Waals surface area contributed by atoms with Crippen LogP contribution in [-0.2, 0) is 9.53 Å². The molecule has 0 bridgehead atoms. The number of nitrogens with one attached hydrogen (secondary N) is 1. The maximum absolute atomic E-state index is 11.5. The molecule has 110 valence electrons. The summed E-state index contributed by atoms with van der Waals surface area (Å²) in [6.07, 6.45) is -0.348. The monoisotopic (exact) mass is 290 g/mol. The van der Waals surface area contributed by atoms with Gasteiger partial charge in [-0.1, -0.05) is 0 Å². The third kappa shape index (κ3) is 3.67. The SMILES string of the molecule is N#CCC(=O)Nc1cc(N2CCOCC2)ccc1[N+](=O)[O-]. The standard InChI is InChI=1S/C13H14N4O4/c14-4-3-13(18)15-11-9-10(1-2-12(11)17(19)20)16-5-7-21-8-6-16/h1-2,9H,3,5-8H2,(H,15,18). The fourth-order valence-corrected chi connectivity index (χ4v) is 2.07. The number of morpholine rings is 1. The van der Waals surface area contributed by atoms with Crippen LogP contribution in [0.2, 0.25) is 0 Å². The molecule has 1 saturated heterocycles. The van der Waals surface area contributed by atoms with Crippen molar-refractivity contribution < 1.29 is 14.5 Å². The summed E-state index contributed by atoms with van der Waals surface area (Å²) >= 11 is 0. The van der Waals surface area contributed by atoms with Gasteiger partial charge in [0.2, 0.25) is 5.91 Å². The van der Waals surface area contributed by atoms with Gasteiger partial charge in [-0.3, -0.25) is 14.9 Å². The van der Waals surface area contributed by atoms with Crippen LogP contribution in [-0.4, -0.2) is 37.1 Å². The second-order valence-corrected chi connectivity index (χ2v) is 4.44. The minimum atomic E-state index is -0.570. The first-order chi connectivity index (χ1) is 10.1. The third-order valence-corrected chi connectivity index (χ3v) is 3.07. The van der Waals surface area contributed by atoms with E-state index in [2.05, 4.69) is 5.32 Å². The van der Waals surface area contributed by atoms with Gasteiger partial charge in [0.15, 0.2) is 0 Å². The summed E-state index contributed by atoms with van der Waals surface area (Å²) in [5.41, 5.74) is 0.679. The third-order valence-electron chi connectivity index (χ3n) is 3.07. The quantitative estimate of drug-likeness (QED) is 0.661. The number of carbonyl (C=O) groups excluding carboxylic acids is 1. The number of anilines is 2. The number of benzene rings is 1. The molecule has 1 fully saturated rings. The van der Waals surface area contributed by atoms with Crippen LogP contribution in [0.4, 0.5) is 17.1 Å². The van der Waals surface area contributed by atoms with Crippen molar-refractivity contribution in [2.24, 2.45) is 0 Å². The van der Waals surface area contributed by atoms with E-state index in [0.29, 0.717) is 26.3 Å². The molecule has 1 aromatic carbocycles. The summed E-state index contributed by atoms with van der Waals surface area (Å²) in [7, 11) is 0. The Morgan fingerprint density at radius 3 is 2.81 bits per heavy atom. The lowest BCUT2D eigenvalue weighted by atomic mass is 10.2. The summed E-state index contributed by atoms with van der Waals surface area (Å²) in [5, 5.41) is 21.9. The normalized spacial score (nSPS) is 14.3. The van der Waals surface area contributed by atoms with Gasteiger partial charge in [-0.2, -0.15) is 5.26 Å². The van der Waals surface area contributed by atoms with Crippen molar-refractivity contribution >= 4 is 23.0 Å². The van der Waals surface area contributed by atoms with Crippen LogP contribution in [0.15, 0.2) is 18.2 Å². The van der Waals surface area contributed by atoms with Gasteiger partial charge < -0.3 is 15.0 Å². The Kier molecular flexibility index (Phi) is 4.68. The predicted molar refractivity (Wildman–Crippen MR) is 75.0 cm³/mol. The first kappa shape index (κ1) is 14.7. The van der Waals surface area contributed by atoms with Crippen molar-refractivity contribution in [3.8, 4) is 6.07 Å². The molecule has 1 heterocycles. The average molecular weight is 290 g/mol. The number of hydrogen-bond acceptors (Lipinski definition) is 6. The number of rotatable bonds is 4. The van der Waals surface area contributed by atoms with Crippen LogP contribution in [0.5, 0.6) is 0 Å². The zero-order valence-electron chi connectivity index (χ0n) is 11.2. The van der Waals surface area contributed by atoms with E-state index in [4.69, 9.17) is 10.00 Å². The molecular formula is C13H14N4O4. The highest BCUT2D eigenvalue weighted by molar-refractivity contribution is 5.95. The molecule has 0 aliphatic carbocycles. The highest BCUT2D eigenvalue weighted by atomic mass is 16.6. The Hall–Kier alpha value is -2.66. The number of nitrogens with zero attached hydrogens (tertiary/aromatic N) is 3. The number of nitriles is 1. The van der Waals surface area contributed by atoms with Crippen molar-refractivity contribution in [2.75, 3.05) is 36.5 Å². The molecule has 0 unspecified atom stereocenters. The molecule has 8 heteroatoms. The fourth-order valence-electron chi connectivity index (χ4n) is 2.07. The van der Waals surface area contributed by atoms with Gasteiger partial charge in [-0.05, 0) is 12.1 Å². The first-order valence-corrected chi connectivity index (χ1v) is 6.40. The molecular weight excluding hydrogens is 276 g/mol. The van der Waals surface area contributed by atoms with Gasteiger partial charge in [0.05, 0.1) is 24.2 Å². The summed E-state index contributed by atoms with van der Waals surface area (Å²) in [4.78, 5) is 23.9. The molecule has 8 nitrogen and oxygen atoms in total. The van der Waals surface area contributed by atoms with Gasteiger partial charge in [0, 0.05) is 24.8 Å². The largest absolute Gasteiger partial charge is 0.378 e. The molecule has 2 rings (SSSR count). The van der Waals surface area contributed by atoms with Crippen LogP contribution >= 0.6 is 0 Å². The van der Waals surface area contributed by atoms with Crippen LogP contribution in [0.3, 0.4) is 0 Å². The highest BCUT2D eigenvalue weighted by Crippen LogP contribution is 2.30. The number of hydrogen-bond donors (Lipinski definition) is 1. The second-order valence-electron chi connectivity index (χ2n) is 4.44. The number of nitro groups is 1. The topological polar surface area (TPSA) is 108 Å². The summed E-state index contributed by atoms with van der Waals surface area (Å²) in [6.45, 7) is 2.55. The van der Waals surface area contributed by atoms with E-state index in [1.165, 1.54) is 6.07 Å². The predicted octanol–water partition coefficient (Wildman–Crippen LogP) is 1.28. The van der Waals surface area contributed by atoms with Crippen molar-refractivity contribution in [3.63, 3.8) is 0 Å². The van der Waals surface area contributed by atoms with Crippen molar-refractivity contribution in [1.82, 2.24) is 0 Å². The maximum Gasteiger partial charge on any atom is 0.292 e. The van der Waals surface area contributed by atoms with Gasteiger partial charge >= 0.3 is 0 Å². The molecule has 0 spiro atoms. The lowest BCUT2D eigenvalue weighted by molar-refractivity contribution is -0.383. The smallest absolute Gasteiger partial charge is 0.292 e. The van der Waals surface area contributed by atoms with Crippen LogP contribution in [0.1, 0.15) is 6.42 Å². The molecule has 0 saturated carbocycles. The Morgan fingerprint density at radius 2 is 2.19 bits per heavy atom. The lowest BCUT2D eigenvalue weighted by Crippen LogP contribution is -2.36. The molecule has 1 aliphatic heterocycles. The Bertz CT molecular complexity index is 590. The second kappa shape index (κ2) is 6.67. The number of carbonyl (C=O) groups is 1. The van der Waals surface area contributed by atoms with E-state index in [1.807, 2.05) is 4.90 Å². The van der Waals surface area contributed by atoms with Crippen LogP contribution in [0, 0.1) is 21.4 Å². The van der Waals surface area contributed by atoms with Gasteiger partial charge in [-0.25, -0.2) is 0 Å². The number of nitro benzene ring substituents is 1. The van der Waals surface area contributed by atoms with E-state index in [1.54, 1.807) is 18.2 Å². The Morgan fingerprint density at radius 1 is 1.48 bits per heavy atom. The summed E-state index contributed by atoms with van der Waals surface area (Å²) < 4.78 is 5.25. The summed E-state index contributed by atoms with van der Waals surface area (Å²) in [5.74, 6) is -0.570. The van der Waals surface area contributed by atoms with Crippen molar-refractivity contribution in [3.05, 3.63) is 28.3 Å². The van der Waals surface area contributed by atoms with Gasteiger partial charge in [-0.15, -0.1) is 0 Å². The minimum Gasteiger partial charge on any atom is -0.378 e. The average Bonchev–Trinajstić information content (AvgIpc) is 2.48. The first-order valence-electron chi connectivity index (χ1n) is 6.40. The van der Waals surface area contributed by atoms with E-state index < -0.39 is 10.8 Å². The molecule has 0 aromatic heterocycles. The molecule has 0 radical (unpaired) electrons.